The maximum absolute atomic E-state index is 6.25. The first-order valence-corrected chi connectivity index (χ1v) is 13.1. The van der Waals surface area contributed by atoms with E-state index < -0.39 is 17.8 Å². The topological polar surface area (TPSA) is 36.9 Å². The molecule has 4 nitrogen and oxygen atoms in total. The summed E-state index contributed by atoms with van der Waals surface area (Å²) in [5.41, 5.74) is -0.365. The summed E-state index contributed by atoms with van der Waals surface area (Å²) in [5.74, 6) is 0. The molecule has 0 fully saturated rings. The lowest BCUT2D eigenvalue weighted by atomic mass is 10.2. The fourth-order valence-electron chi connectivity index (χ4n) is 2.45. The van der Waals surface area contributed by atoms with Gasteiger partial charge in [0.2, 0.25) is 0 Å². The van der Waals surface area contributed by atoms with Crippen molar-refractivity contribution in [2.75, 3.05) is 0 Å². The Labute approximate surface area is 147 Å². The first kappa shape index (κ1) is 23.3. The standard InChI is InChI=1S/C17H40O4Si2/c1-14(2)18-23(11,19-15(3)4)13-12-22(20-16(5,6)7)21-17(8,9)10/h14-15,22H,12-13H2,1-11H3. The van der Waals surface area contributed by atoms with E-state index in [9.17, 15) is 0 Å². The molecule has 0 aliphatic heterocycles. The molecule has 0 heterocycles. The van der Waals surface area contributed by atoms with Gasteiger partial charge in [0, 0.05) is 23.4 Å². The van der Waals surface area contributed by atoms with E-state index in [2.05, 4.69) is 75.8 Å². The SMILES string of the molecule is CC(C)O[Si](C)(CC[SiH](OC(C)(C)C)OC(C)(C)C)OC(C)C. The third-order valence-corrected chi connectivity index (χ3v) is 9.19. The quantitative estimate of drug-likeness (QED) is 0.553. The van der Waals surface area contributed by atoms with Crippen molar-refractivity contribution in [2.24, 2.45) is 0 Å². The minimum atomic E-state index is -2.21. The van der Waals surface area contributed by atoms with Crippen LogP contribution < -0.4 is 0 Å². The number of rotatable bonds is 9. The monoisotopic (exact) mass is 364 g/mol. The molecule has 0 bridgehead atoms. The van der Waals surface area contributed by atoms with Crippen molar-refractivity contribution in [1.82, 2.24) is 0 Å². The van der Waals surface area contributed by atoms with E-state index >= 15 is 0 Å². The van der Waals surface area contributed by atoms with Gasteiger partial charge in [0.25, 0.3) is 0 Å². The van der Waals surface area contributed by atoms with Crippen molar-refractivity contribution in [2.45, 2.75) is 111 Å². The summed E-state index contributed by atoms with van der Waals surface area (Å²) in [6.45, 7) is 23.0. The minimum Gasteiger partial charge on any atom is -0.392 e. The first-order valence-electron chi connectivity index (χ1n) is 8.83. The largest absolute Gasteiger partial charge is 0.392 e. The second-order valence-corrected chi connectivity index (χ2v) is 14.0. The Kier molecular flexibility index (Phi) is 9.21. The fourth-order valence-corrected chi connectivity index (χ4v) is 9.64. The Bertz CT molecular complexity index is 306. The second kappa shape index (κ2) is 9.10. The van der Waals surface area contributed by atoms with Gasteiger partial charge in [0.1, 0.15) is 0 Å². The molecule has 0 saturated carbocycles. The van der Waals surface area contributed by atoms with Crippen LogP contribution in [0.25, 0.3) is 0 Å². The van der Waals surface area contributed by atoms with Gasteiger partial charge in [-0.1, -0.05) is 0 Å². The molecule has 0 unspecified atom stereocenters. The van der Waals surface area contributed by atoms with Crippen LogP contribution in [0.3, 0.4) is 0 Å². The molecule has 0 amide bonds. The highest BCUT2D eigenvalue weighted by molar-refractivity contribution is 6.67. The van der Waals surface area contributed by atoms with E-state index in [0.29, 0.717) is 0 Å². The highest BCUT2D eigenvalue weighted by Gasteiger charge is 2.37. The molecule has 0 aromatic carbocycles. The van der Waals surface area contributed by atoms with Crippen molar-refractivity contribution in [1.29, 1.82) is 0 Å². The lowest BCUT2D eigenvalue weighted by Crippen LogP contribution is -2.45. The highest BCUT2D eigenvalue weighted by Crippen LogP contribution is 2.25. The van der Waals surface area contributed by atoms with E-state index in [1.165, 1.54) is 0 Å². The molecule has 0 N–H and O–H groups in total. The molecule has 0 spiro atoms. The summed E-state index contributed by atoms with van der Waals surface area (Å²) in [7, 11) is -4.01. The minimum absolute atomic E-state index is 0.178. The molecular formula is C17H40O4Si2. The van der Waals surface area contributed by atoms with Crippen LogP contribution in [0.5, 0.6) is 0 Å². The van der Waals surface area contributed by atoms with Gasteiger partial charge >= 0.3 is 17.8 Å². The zero-order valence-corrected chi connectivity index (χ0v) is 19.4. The van der Waals surface area contributed by atoms with Crippen molar-refractivity contribution >= 4 is 17.8 Å². The van der Waals surface area contributed by atoms with Gasteiger partial charge in [-0.2, -0.15) is 0 Å². The smallest absolute Gasteiger partial charge is 0.335 e. The van der Waals surface area contributed by atoms with Crippen molar-refractivity contribution in [3.05, 3.63) is 0 Å². The van der Waals surface area contributed by atoms with Crippen LogP contribution >= 0.6 is 0 Å². The van der Waals surface area contributed by atoms with Gasteiger partial charge < -0.3 is 17.7 Å². The van der Waals surface area contributed by atoms with Crippen LogP contribution in [0.15, 0.2) is 0 Å². The Morgan fingerprint density at radius 2 is 1.13 bits per heavy atom. The molecule has 0 aromatic heterocycles. The molecule has 0 saturated heterocycles. The maximum Gasteiger partial charge on any atom is 0.335 e. The van der Waals surface area contributed by atoms with E-state index in [1.807, 2.05) is 0 Å². The van der Waals surface area contributed by atoms with Crippen LogP contribution in [0, 0.1) is 0 Å². The number of hydrogen-bond acceptors (Lipinski definition) is 4. The summed E-state index contributed by atoms with van der Waals surface area (Å²) < 4.78 is 24.9. The van der Waals surface area contributed by atoms with Gasteiger partial charge in [0.15, 0.2) is 0 Å². The Balaban J connectivity index is 4.93. The van der Waals surface area contributed by atoms with Crippen LogP contribution in [0.2, 0.25) is 18.6 Å². The summed E-state index contributed by atoms with van der Waals surface area (Å²) in [4.78, 5) is 0. The van der Waals surface area contributed by atoms with Crippen LogP contribution in [-0.4, -0.2) is 41.3 Å². The average Bonchev–Trinajstić information content (AvgIpc) is 2.19. The lowest BCUT2D eigenvalue weighted by molar-refractivity contribution is 0.0334. The highest BCUT2D eigenvalue weighted by atomic mass is 28.4. The first-order chi connectivity index (χ1) is 10.1. The molecule has 0 atom stereocenters. The molecule has 0 aliphatic rings. The Hall–Kier alpha value is 0.274. The summed E-state index contributed by atoms with van der Waals surface area (Å²) in [6.07, 6.45) is 0.357. The molecule has 0 radical (unpaired) electrons. The summed E-state index contributed by atoms with van der Waals surface area (Å²) in [5, 5.41) is 0. The predicted octanol–water partition coefficient (Wildman–Crippen LogP) is 4.76. The van der Waals surface area contributed by atoms with Crippen molar-refractivity contribution < 1.29 is 17.7 Å². The molecular weight excluding hydrogens is 324 g/mol. The van der Waals surface area contributed by atoms with Crippen molar-refractivity contribution in [3.8, 4) is 0 Å². The fraction of sp³-hybridized carbons (Fsp3) is 1.00. The Morgan fingerprint density at radius 1 is 0.783 bits per heavy atom. The third-order valence-electron chi connectivity index (χ3n) is 2.77. The molecule has 23 heavy (non-hydrogen) atoms. The Morgan fingerprint density at radius 3 is 1.39 bits per heavy atom. The molecule has 0 aliphatic carbocycles. The normalized spacial score (nSPS) is 14.3. The van der Waals surface area contributed by atoms with Crippen molar-refractivity contribution in [3.63, 3.8) is 0 Å². The molecule has 0 rings (SSSR count). The van der Waals surface area contributed by atoms with E-state index in [1.54, 1.807) is 0 Å². The van der Waals surface area contributed by atoms with Crippen LogP contribution in [-0.2, 0) is 17.7 Å². The van der Waals surface area contributed by atoms with Gasteiger partial charge in [-0.15, -0.1) is 0 Å². The van der Waals surface area contributed by atoms with Gasteiger partial charge in [-0.25, -0.2) is 0 Å². The molecule has 0 aromatic rings. The summed E-state index contributed by atoms with van der Waals surface area (Å²) >= 11 is 0. The second-order valence-electron chi connectivity index (χ2n) is 8.90. The molecule has 6 heteroatoms. The third kappa shape index (κ3) is 13.3. The summed E-state index contributed by atoms with van der Waals surface area (Å²) in [6, 6.07) is 1.82. The lowest BCUT2D eigenvalue weighted by Gasteiger charge is -2.35. The van der Waals surface area contributed by atoms with Gasteiger partial charge in [0.05, 0.1) is 0 Å². The van der Waals surface area contributed by atoms with E-state index in [-0.39, 0.29) is 23.4 Å². The zero-order chi connectivity index (χ0) is 18.5. The van der Waals surface area contributed by atoms with Gasteiger partial charge in [-0.3, -0.25) is 0 Å². The maximum atomic E-state index is 6.25. The van der Waals surface area contributed by atoms with E-state index in [4.69, 9.17) is 17.7 Å². The number of hydrogen-bond donors (Lipinski definition) is 0. The molecule has 140 valence electrons. The van der Waals surface area contributed by atoms with Gasteiger partial charge in [-0.05, 0) is 87.9 Å². The zero-order valence-electron chi connectivity index (χ0n) is 17.3. The van der Waals surface area contributed by atoms with E-state index in [0.717, 1.165) is 12.1 Å². The van der Waals surface area contributed by atoms with Crippen LogP contribution in [0.1, 0.15) is 69.2 Å². The predicted molar refractivity (Wildman–Crippen MR) is 102 cm³/mol. The average molecular weight is 365 g/mol. The van der Waals surface area contributed by atoms with Crippen LogP contribution in [0.4, 0.5) is 0 Å².